The first-order valence-corrected chi connectivity index (χ1v) is 4.14. The molecule has 0 aliphatic carbocycles. The molecule has 1 unspecified atom stereocenters. The second-order valence-electron chi connectivity index (χ2n) is 2.52. The molecule has 72 valence electrons. The molecule has 4 nitrogen and oxygen atoms in total. The summed E-state index contributed by atoms with van der Waals surface area (Å²) in [6, 6.07) is 0. The minimum atomic E-state index is -1.21. The maximum Gasteiger partial charge on any atom is 0.505 e. The van der Waals surface area contributed by atoms with E-state index < -0.39 is 6.16 Å². The number of ether oxygens (including phenoxy) is 2. The van der Waals surface area contributed by atoms with Gasteiger partial charge in [-0.3, -0.25) is 0 Å². The summed E-state index contributed by atoms with van der Waals surface area (Å²) in [6.45, 7) is 4.85. The van der Waals surface area contributed by atoms with E-state index in [0.29, 0.717) is 13.0 Å². The average molecular weight is 176 g/mol. The molecule has 0 rings (SSSR count). The number of hydrogen-bond acceptors (Lipinski definition) is 3. The highest BCUT2D eigenvalue weighted by atomic mass is 16.7. The standard InChI is InChI=1S/C8H16O4/c1-3-11-7(2)5-4-6-12-8(9)10/h7H,3-6H2,1-2H3,(H,9,10). The lowest BCUT2D eigenvalue weighted by Gasteiger charge is -2.10. The molecule has 0 radical (unpaired) electrons. The fourth-order valence-corrected chi connectivity index (χ4v) is 0.898. The van der Waals surface area contributed by atoms with E-state index in [0.717, 1.165) is 6.42 Å². The molecule has 0 amide bonds. The van der Waals surface area contributed by atoms with Crippen molar-refractivity contribution in [2.24, 2.45) is 0 Å². The topological polar surface area (TPSA) is 55.8 Å². The number of carbonyl (C=O) groups is 1. The Morgan fingerprint density at radius 1 is 1.58 bits per heavy atom. The molecular formula is C8H16O4. The zero-order valence-electron chi connectivity index (χ0n) is 7.58. The Bertz CT molecular complexity index is 124. The van der Waals surface area contributed by atoms with E-state index in [1.54, 1.807) is 0 Å². The average Bonchev–Trinajstić information content (AvgIpc) is 1.98. The predicted molar refractivity (Wildman–Crippen MR) is 44.3 cm³/mol. The molecule has 0 spiro atoms. The third-order valence-corrected chi connectivity index (χ3v) is 1.43. The monoisotopic (exact) mass is 176 g/mol. The summed E-state index contributed by atoms with van der Waals surface area (Å²) in [4.78, 5) is 9.92. The highest BCUT2D eigenvalue weighted by molar-refractivity contribution is 5.56. The highest BCUT2D eigenvalue weighted by Crippen LogP contribution is 2.01. The van der Waals surface area contributed by atoms with Crippen LogP contribution in [0.15, 0.2) is 0 Å². The van der Waals surface area contributed by atoms with E-state index >= 15 is 0 Å². The molecule has 0 aliphatic rings. The second-order valence-corrected chi connectivity index (χ2v) is 2.52. The molecular weight excluding hydrogens is 160 g/mol. The van der Waals surface area contributed by atoms with Gasteiger partial charge in [-0.05, 0) is 26.7 Å². The third-order valence-electron chi connectivity index (χ3n) is 1.43. The Labute approximate surface area is 72.5 Å². The first kappa shape index (κ1) is 11.2. The van der Waals surface area contributed by atoms with Crippen LogP contribution in [0, 0.1) is 0 Å². The van der Waals surface area contributed by atoms with Gasteiger partial charge in [-0.15, -0.1) is 0 Å². The van der Waals surface area contributed by atoms with Gasteiger partial charge >= 0.3 is 6.16 Å². The Hall–Kier alpha value is -0.770. The van der Waals surface area contributed by atoms with Crippen molar-refractivity contribution in [2.45, 2.75) is 32.8 Å². The third kappa shape index (κ3) is 7.34. The Kier molecular flexibility index (Phi) is 6.47. The molecule has 0 aromatic carbocycles. The Morgan fingerprint density at radius 2 is 2.25 bits per heavy atom. The summed E-state index contributed by atoms with van der Waals surface area (Å²) < 4.78 is 9.58. The SMILES string of the molecule is CCOC(C)CCCOC(=O)O. The Balaban J connectivity index is 3.13. The number of rotatable bonds is 6. The number of hydrogen-bond donors (Lipinski definition) is 1. The van der Waals surface area contributed by atoms with Crippen LogP contribution in [-0.4, -0.2) is 30.6 Å². The number of carboxylic acid groups (broad SMARTS) is 1. The largest absolute Gasteiger partial charge is 0.505 e. The van der Waals surface area contributed by atoms with Gasteiger partial charge in [-0.1, -0.05) is 0 Å². The lowest BCUT2D eigenvalue weighted by molar-refractivity contribution is 0.0557. The molecule has 0 aromatic heterocycles. The van der Waals surface area contributed by atoms with Gasteiger partial charge in [-0.25, -0.2) is 4.79 Å². The van der Waals surface area contributed by atoms with E-state index in [1.165, 1.54) is 0 Å². The van der Waals surface area contributed by atoms with E-state index in [9.17, 15) is 4.79 Å². The van der Waals surface area contributed by atoms with Crippen LogP contribution in [0.25, 0.3) is 0 Å². The van der Waals surface area contributed by atoms with E-state index in [2.05, 4.69) is 4.74 Å². The normalized spacial score (nSPS) is 12.5. The summed E-state index contributed by atoms with van der Waals surface area (Å²) in [5.74, 6) is 0. The van der Waals surface area contributed by atoms with Crippen LogP contribution >= 0.6 is 0 Å². The maximum absolute atomic E-state index is 9.92. The minimum Gasteiger partial charge on any atom is -0.450 e. The van der Waals surface area contributed by atoms with E-state index in [-0.39, 0.29) is 12.7 Å². The fourth-order valence-electron chi connectivity index (χ4n) is 0.898. The first-order valence-electron chi connectivity index (χ1n) is 4.14. The van der Waals surface area contributed by atoms with Crippen LogP contribution < -0.4 is 0 Å². The molecule has 0 fully saturated rings. The van der Waals surface area contributed by atoms with Crippen molar-refractivity contribution in [1.29, 1.82) is 0 Å². The van der Waals surface area contributed by atoms with Gasteiger partial charge in [0.15, 0.2) is 0 Å². The molecule has 0 heterocycles. The van der Waals surface area contributed by atoms with Gasteiger partial charge in [0, 0.05) is 6.61 Å². The van der Waals surface area contributed by atoms with Crippen molar-refractivity contribution < 1.29 is 19.4 Å². The minimum absolute atomic E-state index is 0.187. The molecule has 0 aliphatic heterocycles. The van der Waals surface area contributed by atoms with Gasteiger partial charge in [0.2, 0.25) is 0 Å². The molecule has 12 heavy (non-hydrogen) atoms. The van der Waals surface area contributed by atoms with Gasteiger partial charge in [-0.2, -0.15) is 0 Å². The van der Waals surface area contributed by atoms with Crippen molar-refractivity contribution in [3.63, 3.8) is 0 Å². The predicted octanol–water partition coefficient (Wildman–Crippen LogP) is 1.89. The summed E-state index contributed by atoms with van der Waals surface area (Å²) >= 11 is 0. The van der Waals surface area contributed by atoms with Crippen molar-refractivity contribution in [3.05, 3.63) is 0 Å². The van der Waals surface area contributed by atoms with Gasteiger partial charge in [0.05, 0.1) is 12.7 Å². The molecule has 0 saturated heterocycles. The van der Waals surface area contributed by atoms with Crippen LogP contribution in [0.3, 0.4) is 0 Å². The van der Waals surface area contributed by atoms with Crippen LogP contribution in [0.2, 0.25) is 0 Å². The van der Waals surface area contributed by atoms with Crippen LogP contribution in [-0.2, 0) is 9.47 Å². The quantitative estimate of drug-likeness (QED) is 0.496. The molecule has 0 saturated carbocycles. The van der Waals surface area contributed by atoms with Crippen molar-refractivity contribution in [2.75, 3.05) is 13.2 Å². The zero-order valence-corrected chi connectivity index (χ0v) is 7.58. The molecule has 0 bridgehead atoms. The molecule has 1 atom stereocenters. The van der Waals surface area contributed by atoms with Crippen molar-refractivity contribution in [3.8, 4) is 0 Å². The van der Waals surface area contributed by atoms with Crippen LogP contribution in [0.4, 0.5) is 4.79 Å². The summed E-state index contributed by atoms with van der Waals surface area (Å²) in [5.41, 5.74) is 0. The lowest BCUT2D eigenvalue weighted by atomic mass is 10.2. The maximum atomic E-state index is 9.92. The first-order chi connectivity index (χ1) is 5.66. The van der Waals surface area contributed by atoms with Crippen LogP contribution in [0.1, 0.15) is 26.7 Å². The molecule has 1 N–H and O–H groups in total. The van der Waals surface area contributed by atoms with E-state index in [1.807, 2.05) is 13.8 Å². The summed E-state index contributed by atoms with van der Waals surface area (Å²) in [6.07, 6.45) is 0.528. The summed E-state index contributed by atoms with van der Waals surface area (Å²) in [7, 11) is 0. The smallest absolute Gasteiger partial charge is 0.450 e. The van der Waals surface area contributed by atoms with Crippen molar-refractivity contribution in [1.82, 2.24) is 0 Å². The summed E-state index contributed by atoms with van der Waals surface area (Å²) in [5, 5.41) is 8.13. The van der Waals surface area contributed by atoms with Gasteiger partial charge < -0.3 is 14.6 Å². The fraction of sp³-hybridized carbons (Fsp3) is 0.875. The van der Waals surface area contributed by atoms with Gasteiger partial charge in [0.1, 0.15) is 0 Å². The molecule has 0 aromatic rings. The highest BCUT2D eigenvalue weighted by Gasteiger charge is 2.01. The van der Waals surface area contributed by atoms with E-state index in [4.69, 9.17) is 9.84 Å². The van der Waals surface area contributed by atoms with Gasteiger partial charge in [0.25, 0.3) is 0 Å². The zero-order chi connectivity index (χ0) is 9.40. The van der Waals surface area contributed by atoms with Crippen molar-refractivity contribution >= 4 is 6.16 Å². The lowest BCUT2D eigenvalue weighted by Crippen LogP contribution is -2.10. The molecule has 4 heteroatoms. The Morgan fingerprint density at radius 3 is 2.75 bits per heavy atom. The second kappa shape index (κ2) is 6.91. The van der Waals surface area contributed by atoms with Crippen LogP contribution in [0.5, 0.6) is 0 Å².